The zero-order valence-electron chi connectivity index (χ0n) is 10.4. The third-order valence-corrected chi connectivity index (χ3v) is 2.80. The molecule has 0 spiro atoms. The van der Waals surface area contributed by atoms with Crippen molar-refractivity contribution in [2.24, 2.45) is 11.7 Å². The lowest BCUT2D eigenvalue weighted by molar-refractivity contribution is -0.145. The number of rotatable bonds is 4. The van der Waals surface area contributed by atoms with Gasteiger partial charge in [-0.25, -0.2) is 0 Å². The molecule has 1 unspecified atom stereocenters. The van der Waals surface area contributed by atoms with Crippen LogP contribution in [0.3, 0.4) is 0 Å². The van der Waals surface area contributed by atoms with Crippen LogP contribution in [0.5, 0.6) is 0 Å². The molecule has 1 atom stereocenters. The minimum atomic E-state index is -0.320. The maximum atomic E-state index is 11.9. The first-order chi connectivity index (χ1) is 7.57. The highest BCUT2D eigenvalue weighted by molar-refractivity contribution is 5.89. The van der Waals surface area contributed by atoms with Crippen molar-refractivity contribution in [3.63, 3.8) is 0 Å². The van der Waals surface area contributed by atoms with Crippen molar-refractivity contribution in [2.45, 2.75) is 32.7 Å². The summed E-state index contributed by atoms with van der Waals surface area (Å²) >= 11 is 0. The molecule has 5 nitrogen and oxygen atoms in total. The maximum Gasteiger partial charge on any atom is 0.243 e. The van der Waals surface area contributed by atoms with Crippen LogP contribution in [0, 0.1) is 5.92 Å². The minimum absolute atomic E-state index is 0. The summed E-state index contributed by atoms with van der Waals surface area (Å²) in [5.74, 6) is 0.142. The van der Waals surface area contributed by atoms with E-state index in [1.54, 1.807) is 4.90 Å². The summed E-state index contributed by atoms with van der Waals surface area (Å²) in [4.78, 5) is 25.3. The van der Waals surface area contributed by atoms with Gasteiger partial charge in [-0.3, -0.25) is 9.59 Å². The molecule has 17 heavy (non-hydrogen) atoms. The first kappa shape index (κ1) is 16.2. The SMILES string of the molecule is CC(C)C1C(=O)NCCN1C(=O)CCCN.Cl. The van der Waals surface area contributed by atoms with E-state index >= 15 is 0 Å². The van der Waals surface area contributed by atoms with Crippen molar-refractivity contribution in [3.8, 4) is 0 Å². The van der Waals surface area contributed by atoms with Gasteiger partial charge in [-0.2, -0.15) is 0 Å². The number of nitrogens with one attached hydrogen (secondary N) is 1. The summed E-state index contributed by atoms with van der Waals surface area (Å²) < 4.78 is 0. The number of hydrogen-bond acceptors (Lipinski definition) is 3. The molecule has 0 aliphatic carbocycles. The van der Waals surface area contributed by atoms with E-state index in [1.165, 1.54) is 0 Å². The second-order valence-corrected chi connectivity index (χ2v) is 4.46. The number of nitrogens with zero attached hydrogens (tertiary/aromatic N) is 1. The molecule has 1 aliphatic rings. The molecule has 0 aromatic heterocycles. The molecule has 6 heteroatoms. The molecular formula is C11H22ClN3O2. The Hall–Kier alpha value is -0.810. The number of amides is 2. The second-order valence-electron chi connectivity index (χ2n) is 4.46. The van der Waals surface area contributed by atoms with Crippen LogP contribution in [-0.4, -0.2) is 42.4 Å². The van der Waals surface area contributed by atoms with Crippen LogP contribution in [0.2, 0.25) is 0 Å². The zero-order chi connectivity index (χ0) is 12.1. The van der Waals surface area contributed by atoms with Gasteiger partial charge in [0.2, 0.25) is 11.8 Å². The van der Waals surface area contributed by atoms with E-state index in [9.17, 15) is 9.59 Å². The van der Waals surface area contributed by atoms with Gasteiger partial charge in [-0.1, -0.05) is 13.8 Å². The molecule has 1 rings (SSSR count). The van der Waals surface area contributed by atoms with Crippen LogP contribution in [0.4, 0.5) is 0 Å². The van der Waals surface area contributed by atoms with E-state index in [0.29, 0.717) is 32.5 Å². The number of halogens is 1. The zero-order valence-corrected chi connectivity index (χ0v) is 11.3. The van der Waals surface area contributed by atoms with Gasteiger partial charge in [-0.15, -0.1) is 12.4 Å². The highest BCUT2D eigenvalue weighted by Crippen LogP contribution is 2.15. The van der Waals surface area contributed by atoms with Gasteiger partial charge in [-0.05, 0) is 18.9 Å². The first-order valence-electron chi connectivity index (χ1n) is 5.85. The molecule has 1 fully saturated rings. The topological polar surface area (TPSA) is 75.4 Å². The van der Waals surface area contributed by atoms with Crippen molar-refractivity contribution >= 4 is 24.2 Å². The van der Waals surface area contributed by atoms with Gasteiger partial charge >= 0.3 is 0 Å². The van der Waals surface area contributed by atoms with Crippen LogP contribution < -0.4 is 11.1 Å². The Labute approximate surface area is 109 Å². The third kappa shape index (κ3) is 4.16. The maximum absolute atomic E-state index is 11.9. The molecule has 3 N–H and O–H groups in total. The number of hydrogen-bond donors (Lipinski definition) is 2. The molecule has 0 bridgehead atoms. The van der Waals surface area contributed by atoms with Crippen molar-refractivity contribution in [1.82, 2.24) is 10.2 Å². The largest absolute Gasteiger partial charge is 0.353 e. The predicted octanol–water partition coefficient (Wildman–Crippen LogP) is 0.130. The molecule has 1 heterocycles. The minimum Gasteiger partial charge on any atom is -0.353 e. The molecular weight excluding hydrogens is 242 g/mol. The van der Waals surface area contributed by atoms with E-state index < -0.39 is 0 Å². The lowest BCUT2D eigenvalue weighted by atomic mass is 9.99. The lowest BCUT2D eigenvalue weighted by Crippen LogP contribution is -2.59. The molecule has 0 saturated carbocycles. The summed E-state index contributed by atoms with van der Waals surface area (Å²) in [6.07, 6.45) is 1.12. The molecule has 100 valence electrons. The Morgan fingerprint density at radius 2 is 2.24 bits per heavy atom. The molecule has 0 aromatic rings. The number of carbonyl (C=O) groups is 2. The quantitative estimate of drug-likeness (QED) is 0.757. The molecule has 1 saturated heterocycles. The number of piperazine rings is 1. The van der Waals surface area contributed by atoms with Crippen LogP contribution in [0.15, 0.2) is 0 Å². The summed E-state index contributed by atoms with van der Waals surface area (Å²) in [6.45, 7) is 5.59. The Bertz CT molecular complexity index is 271. The average molecular weight is 264 g/mol. The standard InChI is InChI=1S/C11H21N3O2.ClH/c1-8(2)10-11(16)13-6-7-14(10)9(15)4-3-5-12;/h8,10H,3-7,12H2,1-2H3,(H,13,16);1H. The van der Waals surface area contributed by atoms with Crippen LogP contribution in [0.1, 0.15) is 26.7 Å². The van der Waals surface area contributed by atoms with Gasteiger partial charge in [0.15, 0.2) is 0 Å². The normalized spacial score (nSPS) is 19.9. The van der Waals surface area contributed by atoms with Gasteiger partial charge < -0.3 is 16.0 Å². The lowest BCUT2D eigenvalue weighted by Gasteiger charge is -2.37. The summed E-state index contributed by atoms with van der Waals surface area (Å²) in [6, 6.07) is -0.320. The van der Waals surface area contributed by atoms with Crippen LogP contribution in [-0.2, 0) is 9.59 Å². The third-order valence-electron chi connectivity index (χ3n) is 2.80. The highest BCUT2D eigenvalue weighted by atomic mass is 35.5. The second kappa shape index (κ2) is 7.50. The Morgan fingerprint density at radius 3 is 2.76 bits per heavy atom. The highest BCUT2D eigenvalue weighted by Gasteiger charge is 2.34. The molecule has 0 aromatic carbocycles. The van der Waals surface area contributed by atoms with E-state index in [1.807, 2.05) is 13.8 Å². The molecule has 2 amide bonds. The number of carbonyl (C=O) groups excluding carboxylic acids is 2. The Morgan fingerprint density at radius 1 is 1.59 bits per heavy atom. The average Bonchev–Trinajstić information content (AvgIpc) is 2.24. The van der Waals surface area contributed by atoms with E-state index in [4.69, 9.17) is 5.73 Å². The Balaban J connectivity index is 0.00000256. The van der Waals surface area contributed by atoms with E-state index in [0.717, 1.165) is 0 Å². The fourth-order valence-corrected chi connectivity index (χ4v) is 2.02. The van der Waals surface area contributed by atoms with Gasteiger partial charge in [0.25, 0.3) is 0 Å². The van der Waals surface area contributed by atoms with Crippen molar-refractivity contribution in [1.29, 1.82) is 0 Å². The summed E-state index contributed by atoms with van der Waals surface area (Å²) in [5, 5.41) is 2.80. The van der Waals surface area contributed by atoms with Gasteiger partial charge in [0.05, 0.1) is 0 Å². The molecule has 1 aliphatic heterocycles. The summed E-state index contributed by atoms with van der Waals surface area (Å²) in [7, 11) is 0. The van der Waals surface area contributed by atoms with Crippen LogP contribution >= 0.6 is 12.4 Å². The van der Waals surface area contributed by atoms with Gasteiger partial charge in [0, 0.05) is 19.5 Å². The first-order valence-corrected chi connectivity index (χ1v) is 5.85. The van der Waals surface area contributed by atoms with Crippen molar-refractivity contribution in [3.05, 3.63) is 0 Å². The van der Waals surface area contributed by atoms with E-state index in [-0.39, 0.29) is 36.2 Å². The summed E-state index contributed by atoms with van der Waals surface area (Å²) in [5.41, 5.74) is 5.38. The smallest absolute Gasteiger partial charge is 0.243 e. The fraction of sp³-hybridized carbons (Fsp3) is 0.818. The van der Waals surface area contributed by atoms with Gasteiger partial charge in [0.1, 0.15) is 6.04 Å². The molecule has 0 radical (unpaired) electrons. The van der Waals surface area contributed by atoms with E-state index in [2.05, 4.69) is 5.32 Å². The Kier molecular flexibility index (Phi) is 7.15. The van der Waals surface area contributed by atoms with Crippen molar-refractivity contribution in [2.75, 3.05) is 19.6 Å². The van der Waals surface area contributed by atoms with Crippen LogP contribution in [0.25, 0.3) is 0 Å². The van der Waals surface area contributed by atoms with Crippen molar-refractivity contribution < 1.29 is 9.59 Å². The monoisotopic (exact) mass is 263 g/mol. The predicted molar refractivity (Wildman–Crippen MR) is 68.9 cm³/mol. The number of nitrogens with two attached hydrogens (primary N) is 1. The fourth-order valence-electron chi connectivity index (χ4n) is 2.02.